The lowest BCUT2D eigenvalue weighted by Gasteiger charge is -2.38. The zero-order chi connectivity index (χ0) is 16.7. The molecule has 0 saturated heterocycles. The van der Waals surface area contributed by atoms with E-state index >= 15 is 0 Å². The smallest absolute Gasteiger partial charge is 0.118 e. The molecule has 0 heterocycles. The molecule has 0 aromatic heterocycles. The maximum atomic E-state index is 9.56. The predicted octanol–water partition coefficient (Wildman–Crippen LogP) is 5.68. The SMILES string of the molecule is CC.COc1ccc(C2(c3ccc(O)cc3)CCCCC2)cc1. The normalized spacial score (nSPS) is 16.1. The van der Waals surface area contributed by atoms with Gasteiger partial charge in [0.1, 0.15) is 11.5 Å². The first-order valence-electron chi connectivity index (χ1n) is 8.69. The number of methoxy groups -OCH3 is 1. The van der Waals surface area contributed by atoms with Crippen molar-refractivity contribution in [2.75, 3.05) is 7.11 Å². The topological polar surface area (TPSA) is 29.5 Å². The van der Waals surface area contributed by atoms with Gasteiger partial charge in [0, 0.05) is 5.41 Å². The van der Waals surface area contributed by atoms with Crippen LogP contribution >= 0.6 is 0 Å². The largest absolute Gasteiger partial charge is 0.508 e. The highest BCUT2D eigenvalue weighted by atomic mass is 16.5. The average Bonchev–Trinajstić information content (AvgIpc) is 2.64. The summed E-state index contributed by atoms with van der Waals surface area (Å²) in [4.78, 5) is 0. The second-order valence-electron chi connectivity index (χ2n) is 5.92. The van der Waals surface area contributed by atoms with E-state index in [0.29, 0.717) is 5.75 Å². The second kappa shape index (κ2) is 8.05. The van der Waals surface area contributed by atoms with Gasteiger partial charge in [-0.3, -0.25) is 0 Å². The first-order chi connectivity index (χ1) is 11.2. The lowest BCUT2D eigenvalue weighted by molar-refractivity contribution is 0.345. The summed E-state index contributed by atoms with van der Waals surface area (Å²) in [5, 5.41) is 9.56. The van der Waals surface area contributed by atoms with Crippen LogP contribution in [0.3, 0.4) is 0 Å². The first-order valence-corrected chi connectivity index (χ1v) is 8.69. The van der Waals surface area contributed by atoms with E-state index in [0.717, 1.165) is 5.75 Å². The molecule has 0 atom stereocenters. The average molecular weight is 312 g/mol. The van der Waals surface area contributed by atoms with E-state index in [4.69, 9.17) is 4.74 Å². The van der Waals surface area contributed by atoms with E-state index in [1.807, 2.05) is 26.0 Å². The van der Waals surface area contributed by atoms with Gasteiger partial charge in [0.15, 0.2) is 0 Å². The zero-order valence-electron chi connectivity index (χ0n) is 14.5. The lowest BCUT2D eigenvalue weighted by atomic mass is 9.65. The molecule has 0 radical (unpaired) electrons. The Balaban J connectivity index is 0.000000924. The van der Waals surface area contributed by atoms with Crippen molar-refractivity contribution in [3.05, 3.63) is 59.7 Å². The molecular formula is C21H28O2. The van der Waals surface area contributed by atoms with Crippen LogP contribution in [0.5, 0.6) is 11.5 Å². The van der Waals surface area contributed by atoms with Crippen molar-refractivity contribution in [3.63, 3.8) is 0 Å². The third-order valence-corrected chi connectivity index (χ3v) is 4.77. The van der Waals surface area contributed by atoms with Crippen molar-refractivity contribution >= 4 is 0 Å². The molecule has 3 rings (SSSR count). The number of aromatic hydroxyl groups is 1. The molecule has 124 valence electrons. The van der Waals surface area contributed by atoms with E-state index < -0.39 is 0 Å². The van der Waals surface area contributed by atoms with Crippen LogP contribution in [0.2, 0.25) is 0 Å². The van der Waals surface area contributed by atoms with Gasteiger partial charge in [-0.1, -0.05) is 57.4 Å². The molecule has 2 nitrogen and oxygen atoms in total. The molecule has 1 N–H and O–H groups in total. The van der Waals surface area contributed by atoms with E-state index in [1.165, 1.54) is 43.2 Å². The Bertz CT molecular complexity index is 578. The molecule has 0 bridgehead atoms. The Morgan fingerprint density at radius 2 is 1.26 bits per heavy atom. The van der Waals surface area contributed by atoms with E-state index in [2.05, 4.69) is 24.3 Å². The van der Waals surface area contributed by atoms with Crippen LogP contribution in [0.4, 0.5) is 0 Å². The van der Waals surface area contributed by atoms with Crippen LogP contribution in [-0.2, 0) is 5.41 Å². The van der Waals surface area contributed by atoms with Crippen molar-refractivity contribution in [2.45, 2.75) is 51.4 Å². The Labute approximate surface area is 140 Å². The fourth-order valence-corrected chi connectivity index (χ4v) is 3.59. The number of ether oxygens (including phenoxy) is 1. The molecule has 1 saturated carbocycles. The highest BCUT2D eigenvalue weighted by Gasteiger charge is 2.35. The molecule has 1 fully saturated rings. The van der Waals surface area contributed by atoms with Gasteiger partial charge in [0.25, 0.3) is 0 Å². The van der Waals surface area contributed by atoms with Gasteiger partial charge in [0.2, 0.25) is 0 Å². The Kier molecular flexibility index (Phi) is 6.09. The maximum Gasteiger partial charge on any atom is 0.118 e. The third kappa shape index (κ3) is 3.69. The molecule has 2 aromatic rings. The molecule has 1 aliphatic rings. The molecule has 0 spiro atoms. The summed E-state index contributed by atoms with van der Waals surface area (Å²) in [6.07, 6.45) is 6.17. The number of hydrogen-bond donors (Lipinski definition) is 1. The number of rotatable bonds is 3. The summed E-state index contributed by atoms with van der Waals surface area (Å²) in [6, 6.07) is 16.2. The predicted molar refractivity (Wildman–Crippen MR) is 96.3 cm³/mol. The Hall–Kier alpha value is -1.96. The summed E-state index contributed by atoms with van der Waals surface area (Å²) in [6.45, 7) is 4.00. The van der Waals surface area contributed by atoms with Crippen molar-refractivity contribution in [3.8, 4) is 11.5 Å². The standard InChI is InChI=1S/C19H22O2.C2H6/c1-21-18-11-7-16(8-12-18)19(13-3-2-4-14-19)15-5-9-17(20)10-6-15;1-2/h5-12,20H,2-4,13-14H2,1H3;1-2H3. The van der Waals surface area contributed by atoms with Crippen molar-refractivity contribution in [1.29, 1.82) is 0 Å². The van der Waals surface area contributed by atoms with Crippen LogP contribution in [0.25, 0.3) is 0 Å². The summed E-state index contributed by atoms with van der Waals surface area (Å²) >= 11 is 0. The summed E-state index contributed by atoms with van der Waals surface area (Å²) in [5.74, 6) is 1.23. The number of hydrogen-bond acceptors (Lipinski definition) is 2. The van der Waals surface area contributed by atoms with Gasteiger partial charge in [-0.2, -0.15) is 0 Å². The van der Waals surface area contributed by atoms with Crippen LogP contribution < -0.4 is 4.74 Å². The quantitative estimate of drug-likeness (QED) is 0.790. The van der Waals surface area contributed by atoms with Gasteiger partial charge < -0.3 is 9.84 Å². The molecule has 0 aliphatic heterocycles. The lowest BCUT2D eigenvalue weighted by Crippen LogP contribution is -2.30. The molecule has 23 heavy (non-hydrogen) atoms. The molecule has 1 aliphatic carbocycles. The van der Waals surface area contributed by atoms with Gasteiger partial charge in [-0.05, 0) is 48.2 Å². The molecular weight excluding hydrogens is 284 g/mol. The first kappa shape index (κ1) is 17.4. The Morgan fingerprint density at radius 1 is 0.783 bits per heavy atom. The van der Waals surface area contributed by atoms with Crippen LogP contribution in [0.15, 0.2) is 48.5 Å². The minimum Gasteiger partial charge on any atom is -0.508 e. The van der Waals surface area contributed by atoms with E-state index in [9.17, 15) is 5.11 Å². The molecule has 0 unspecified atom stereocenters. The fraction of sp³-hybridized carbons (Fsp3) is 0.429. The summed E-state index contributed by atoms with van der Waals surface area (Å²) < 4.78 is 5.28. The monoisotopic (exact) mass is 312 g/mol. The maximum absolute atomic E-state index is 9.56. The van der Waals surface area contributed by atoms with Crippen molar-refractivity contribution < 1.29 is 9.84 Å². The van der Waals surface area contributed by atoms with Gasteiger partial charge in [0.05, 0.1) is 7.11 Å². The minimum absolute atomic E-state index is 0.0816. The van der Waals surface area contributed by atoms with E-state index in [1.54, 1.807) is 19.2 Å². The fourth-order valence-electron chi connectivity index (χ4n) is 3.59. The Morgan fingerprint density at radius 3 is 1.74 bits per heavy atom. The van der Waals surface area contributed by atoms with Crippen LogP contribution in [0.1, 0.15) is 57.1 Å². The third-order valence-electron chi connectivity index (χ3n) is 4.77. The van der Waals surface area contributed by atoms with Crippen molar-refractivity contribution in [2.24, 2.45) is 0 Å². The van der Waals surface area contributed by atoms with Crippen molar-refractivity contribution in [1.82, 2.24) is 0 Å². The molecule has 2 heteroatoms. The summed E-state index contributed by atoms with van der Waals surface area (Å²) in [5.41, 5.74) is 2.75. The zero-order valence-corrected chi connectivity index (χ0v) is 14.5. The number of phenols is 1. The van der Waals surface area contributed by atoms with E-state index in [-0.39, 0.29) is 5.41 Å². The number of phenolic OH excluding ortho intramolecular Hbond substituents is 1. The van der Waals surface area contributed by atoms with Gasteiger partial charge in [-0.15, -0.1) is 0 Å². The highest BCUT2D eigenvalue weighted by molar-refractivity contribution is 5.43. The summed E-state index contributed by atoms with van der Waals surface area (Å²) in [7, 11) is 1.70. The minimum atomic E-state index is 0.0816. The van der Waals surface area contributed by atoms with Crippen LogP contribution in [-0.4, -0.2) is 12.2 Å². The molecule has 0 amide bonds. The highest BCUT2D eigenvalue weighted by Crippen LogP contribution is 2.45. The second-order valence-corrected chi connectivity index (χ2v) is 5.92. The van der Waals surface area contributed by atoms with Gasteiger partial charge >= 0.3 is 0 Å². The van der Waals surface area contributed by atoms with Crippen LogP contribution in [0, 0.1) is 0 Å². The number of benzene rings is 2. The van der Waals surface area contributed by atoms with Gasteiger partial charge in [-0.25, -0.2) is 0 Å². The molecule has 2 aromatic carbocycles.